The molecule has 7 heteroatoms. The van der Waals surface area contributed by atoms with Gasteiger partial charge in [0.1, 0.15) is 11.4 Å². The summed E-state index contributed by atoms with van der Waals surface area (Å²) in [5.41, 5.74) is 2.60. The van der Waals surface area contributed by atoms with Crippen LogP contribution in [0, 0.1) is 12.8 Å². The highest BCUT2D eigenvalue weighted by Crippen LogP contribution is 2.30. The van der Waals surface area contributed by atoms with Gasteiger partial charge in [-0.15, -0.1) is 0 Å². The van der Waals surface area contributed by atoms with E-state index in [1.54, 1.807) is 11.1 Å². The number of aryl methyl sites for hydroxylation is 1. The number of nitrogens with zero attached hydrogens (tertiary/aromatic N) is 4. The van der Waals surface area contributed by atoms with Gasteiger partial charge in [0, 0.05) is 37.4 Å². The number of amides is 1. The van der Waals surface area contributed by atoms with E-state index in [0.717, 1.165) is 43.4 Å². The number of ether oxygens (including phenoxy) is 1. The van der Waals surface area contributed by atoms with Crippen molar-refractivity contribution in [3.05, 3.63) is 41.6 Å². The summed E-state index contributed by atoms with van der Waals surface area (Å²) in [6.45, 7) is 8.29. The second kappa shape index (κ2) is 10.3. The fourth-order valence-electron chi connectivity index (χ4n) is 4.86. The topological polar surface area (TPSA) is 75.6 Å². The first kappa shape index (κ1) is 23.2. The second-order valence-corrected chi connectivity index (χ2v) is 9.18. The Morgan fingerprint density at radius 1 is 1.15 bits per heavy atom. The van der Waals surface area contributed by atoms with Crippen molar-refractivity contribution in [2.75, 3.05) is 31.1 Å². The Balaban J connectivity index is 1.67. The van der Waals surface area contributed by atoms with Crippen LogP contribution in [-0.2, 0) is 9.53 Å². The van der Waals surface area contributed by atoms with Crippen LogP contribution in [-0.4, -0.2) is 59.0 Å². The van der Waals surface area contributed by atoms with Gasteiger partial charge in [-0.25, -0.2) is 9.97 Å². The number of hydrogen-bond donors (Lipinski definition) is 0. The number of aromatic nitrogens is 2. The maximum atomic E-state index is 13.7. The number of benzene rings is 1. The summed E-state index contributed by atoms with van der Waals surface area (Å²) >= 11 is 0. The minimum atomic E-state index is -0.271. The first-order valence-electron chi connectivity index (χ1n) is 12.1. The molecule has 1 aromatic carbocycles. The van der Waals surface area contributed by atoms with E-state index in [4.69, 9.17) is 9.72 Å². The molecule has 0 aliphatic carbocycles. The average Bonchev–Trinajstić information content (AvgIpc) is 2.84. The monoisotopic (exact) mass is 450 g/mol. The SMILES string of the molecule is CCOC(=O)[C@H]1CCCN(C(=O)c2cnc(-c3cccc(C)c3)nc2N2CCCC[C@@H]2C)C1. The first-order chi connectivity index (χ1) is 16.0. The van der Waals surface area contributed by atoms with Crippen LogP contribution in [0.25, 0.3) is 11.4 Å². The fraction of sp³-hybridized carbons (Fsp3) is 0.538. The maximum absolute atomic E-state index is 13.7. The van der Waals surface area contributed by atoms with E-state index in [0.29, 0.717) is 42.9 Å². The van der Waals surface area contributed by atoms with E-state index < -0.39 is 0 Å². The number of likely N-dealkylation sites (tertiary alicyclic amines) is 1. The number of hydrogen-bond acceptors (Lipinski definition) is 6. The van der Waals surface area contributed by atoms with Crippen LogP contribution in [0.3, 0.4) is 0 Å². The van der Waals surface area contributed by atoms with Crippen molar-refractivity contribution in [3.63, 3.8) is 0 Å². The lowest BCUT2D eigenvalue weighted by molar-refractivity contribution is -0.149. The predicted molar refractivity (Wildman–Crippen MR) is 128 cm³/mol. The zero-order valence-corrected chi connectivity index (χ0v) is 19.9. The summed E-state index contributed by atoms with van der Waals surface area (Å²) < 4.78 is 5.21. The molecule has 0 bridgehead atoms. The first-order valence-corrected chi connectivity index (χ1v) is 12.1. The smallest absolute Gasteiger partial charge is 0.310 e. The lowest BCUT2D eigenvalue weighted by Gasteiger charge is -2.37. The molecule has 3 heterocycles. The van der Waals surface area contributed by atoms with Crippen LogP contribution >= 0.6 is 0 Å². The van der Waals surface area contributed by atoms with Crippen molar-refractivity contribution >= 4 is 17.7 Å². The predicted octanol–water partition coefficient (Wildman–Crippen LogP) is 4.25. The highest BCUT2D eigenvalue weighted by Gasteiger charge is 2.33. The highest BCUT2D eigenvalue weighted by atomic mass is 16.5. The lowest BCUT2D eigenvalue weighted by atomic mass is 9.97. The van der Waals surface area contributed by atoms with E-state index >= 15 is 0 Å². The van der Waals surface area contributed by atoms with Gasteiger partial charge in [0.25, 0.3) is 5.91 Å². The van der Waals surface area contributed by atoms with Gasteiger partial charge in [0.15, 0.2) is 5.82 Å². The van der Waals surface area contributed by atoms with Gasteiger partial charge < -0.3 is 14.5 Å². The molecule has 176 valence electrons. The Morgan fingerprint density at radius 2 is 2.00 bits per heavy atom. The van der Waals surface area contributed by atoms with Crippen LogP contribution in [0.4, 0.5) is 5.82 Å². The van der Waals surface area contributed by atoms with E-state index in [1.165, 1.54) is 6.42 Å². The molecule has 7 nitrogen and oxygen atoms in total. The average molecular weight is 451 g/mol. The summed E-state index contributed by atoms with van der Waals surface area (Å²) in [7, 11) is 0. The molecule has 0 radical (unpaired) electrons. The van der Waals surface area contributed by atoms with Gasteiger partial charge in [0.05, 0.1) is 12.5 Å². The standard InChI is InChI=1S/C26H34N4O3/c1-4-33-26(32)21-12-8-13-29(17-21)25(31)22-16-27-23(20-11-7-9-18(2)15-20)28-24(22)30-14-6-5-10-19(30)3/h7,9,11,15-16,19,21H,4-6,8,10,12-14,17H2,1-3H3/t19-,21-/m0/s1. The molecule has 0 spiro atoms. The van der Waals surface area contributed by atoms with Crippen molar-refractivity contribution in [1.82, 2.24) is 14.9 Å². The Labute approximate surface area is 196 Å². The molecule has 1 aromatic heterocycles. The van der Waals surface area contributed by atoms with Crippen LogP contribution in [0.1, 0.15) is 61.9 Å². The number of anilines is 1. The molecular formula is C26H34N4O3. The molecule has 33 heavy (non-hydrogen) atoms. The third kappa shape index (κ3) is 5.18. The van der Waals surface area contributed by atoms with Crippen molar-refractivity contribution < 1.29 is 14.3 Å². The van der Waals surface area contributed by atoms with E-state index in [2.05, 4.69) is 22.9 Å². The van der Waals surface area contributed by atoms with Gasteiger partial charge in [-0.3, -0.25) is 9.59 Å². The number of rotatable bonds is 5. The van der Waals surface area contributed by atoms with Gasteiger partial charge >= 0.3 is 5.97 Å². The summed E-state index contributed by atoms with van der Waals surface area (Å²) in [6, 6.07) is 8.42. The van der Waals surface area contributed by atoms with E-state index in [9.17, 15) is 9.59 Å². The minimum absolute atomic E-state index is 0.104. The summed E-state index contributed by atoms with van der Waals surface area (Å²) in [4.78, 5) is 39.5. The molecule has 0 N–H and O–H groups in total. The molecule has 2 fully saturated rings. The van der Waals surface area contributed by atoms with Crippen LogP contribution in [0.15, 0.2) is 30.5 Å². The third-order valence-electron chi connectivity index (χ3n) is 6.68. The Kier molecular flexibility index (Phi) is 7.26. The Bertz CT molecular complexity index is 1010. The van der Waals surface area contributed by atoms with Crippen molar-refractivity contribution in [1.29, 1.82) is 0 Å². The molecule has 4 rings (SSSR count). The number of carbonyl (C=O) groups excluding carboxylic acids is 2. The molecule has 2 atom stereocenters. The molecule has 2 saturated heterocycles. The van der Waals surface area contributed by atoms with Crippen molar-refractivity contribution in [2.24, 2.45) is 5.92 Å². The zero-order chi connectivity index (χ0) is 23.4. The number of piperidine rings is 2. The second-order valence-electron chi connectivity index (χ2n) is 9.18. The van der Waals surface area contributed by atoms with Gasteiger partial charge in [-0.2, -0.15) is 0 Å². The zero-order valence-electron chi connectivity index (χ0n) is 19.9. The highest BCUT2D eigenvalue weighted by molar-refractivity contribution is 5.99. The molecule has 2 aliphatic rings. The molecule has 1 amide bonds. The summed E-state index contributed by atoms with van der Waals surface area (Å²) in [5.74, 6) is 0.744. The molecule has 2 aromatic rings. The minimum Gasteiger partial charge on any atom is -0.466 e. The molecule has 2 aliphatic heterocycles. The molecule has 0 unspecified atom stereocenters. The van der Waals surface area contributed by atoms with E-state index in [-0.39, 0.29) is 17.8 Å². The maximum Gasteiger partial charge on any atom is 0.310 e. The Morgan fingerprint density at radius 3 is 2.76 bits per heavy atom. The van der Waals surface area contributed by atoms with Gasteiger partial charge in [-0.05, 0) is 58.9 Å². The van der Waals surface area contributed by atoms with Crippen LogP contribution < -0.4 is 4.90 Å². The largest absolute Gasteiger partial charge is 0.466 e. The molecule has 0 saturated carbocycles. The van der Waals surface area contributed by atoms with Crippen LogP contribution in [0.5, 0.6) is 0 Å². The number of carbonyl (C=O) groups is 2. The Hall–Kier alpha value is -2.96. The van der Waals surface area contributed by atoms with Gasteiger partial charge in [0.2, 0.25) is 0 Å². The van der Waals surface area contributed by atoms with E-state index in [1.807, 2.05) is 32.0 Å². The number of esters is 1. The van der Waals surface area contributed by atoms with Crippen molar-refractivity contribution in [3.8, 4) is 11.4 Å². The normalized spacial score (nSPS) is 21.1. The fourth-order valence-corrected chi connectivity index (χ4v) is 4.86. The lowest BCUT2D eigenvalue weighted by Crippen LogP contribution is -2.44. The van der Waals surface area contributed by atoms with Crippen LogP contribution in [0.2, 0.25) is 0 Å². The quantitative estimate of drug-likeness (QED) is 0.634. The van der Waals surface area contributed by atoms with Gasteiger partial charge in [-0.1, -0.05) is 23.8 Å². The summed E-state index contributed by atoms with van der Waals surface area (Å²) in [5, 5.41) is 0. The van der Waals surface area contributed by atoms with Crippen molar-refractivity contribution in [2.45, 2.75) is 58.9 Å². The third-order valence-corrected chi connectivity index (χ3v) is 6.68. The summed E-state index contributed by atoms with van der Waals surface area (Å²) in [6.07, 6.45) is 6.55. The molecular weight excluding hydrogens is 416 g/mol.